The molecule has 0 aliphatic heterocycles. The normalized spacial score (nSPS) is 21.0. The highest BCUT2D eigenvalue weighted by molar-refractivity contribution is 5.66. The van der Waals surface area contributed by atoms with Gasteiger partial charge in [-0.05, 0) is 50.2 Å². The maximum Gasteiger partial charge on any atom is 0.302 e. The van der Waals surface area contributed by atoms with Gasteiger partial charge >= 0.3 is 5.97 Å². The van der Waals surface area contributed by atoms with Crippen molar-refractivity contribution in [2.75, 3.05) is 0 Å². The van der Waals surface area contributed by atoms with Gasteiger partial charge in [-0.3, -0.25) is 9.78 Å². The van der Waals surface area contributed by atoms with Gasteiger partial charge in [0.15, 0.2) is 0 Å². The molecule has 1 saturated carbocycles. The Kier molecular flexibility index (Phi) is 4.75. The lowest BCUT2D eigenvalue weighted by Gasteiger charge is -2.28. The summed E-state index contributed by atoms with van der Waals surface area (Å²) in [7, 11) is 0. The molecule has 3 rings (SSSR count). The summed E-state index contributed by atoms with van der Waals surface area (Å²) in [5, 5.41) is 0. The Hall–Kier alpha value is -2.16. The molecule has 0 amide bonds. The van der Waals surface area contributed by atoms with E-state index in [0.29, 0.717) is 5.92 Å². The van der Waals surface area contributed by atoms with Crippen molar-refractivity contribution < 1.29 is 9.53 Å². The summed E-state index contributed by atoms with van der Waals surface area (Å²) in [5.74, 6) is 0.360. The third-order valence-electron chi connectivity index (χ3n) is 4.61. The van der Waals surface area contributed by atoms with Gasteiger partial charge in [0.1, 0.15) is 6.10 Å². The summed E-state index contributed by atoms with van der Waals surface area (Å²) in [5.41, 5.74) is 4.72. The maximum absolute atomic E-state index is 11.0. The van der Waals surface area contributed by atoms with Gasteiger partial charge in [0.2, 0.25) is 0 Å². The smallest absolute Gasteiger partial charge is 0.302 e. The lowest BCUT2D eigenvalue weighted by Crippen LogP contribution is -2.22. The molecule has 2 aromatic rings. The molecule has 1 heterocycles. The van der Waals surface area contributed by atoms with Crippen molar-refractivity contribution in [3.63, 3.8) is 0 Å². The standard InChI is InChI=1S/C20H23NO2/c1-14-3-5-17(6-4-14)20-12-9-18(13-21-20)16-7-10-19(11-8-16)23-15(2)22/h3-6,9,12-13,16,19H,7-8,10-11H2,1-2H3. The number of hydrogen-bond acceptors (Lipinski definition) is 3. The van der Waals surface area contributed by atoms with Crippen molar-refractivity contribution in [1.82, 2.24) is 4.98 Å². The van der Waals surface area contributed by atoms with Gasteiger partial charge in [0, 0.05) is 18.7 Å². The molecule has 1 aromatic heterocycles. The number of esters is 1. The van der Waals surface area contributed by atoms with Crippen LogP contribution in [0.25, 0.3) is 11.3 Å². The minimum atomic E-state index is -0.169. The molecule has 3 nitrogen and oxygen atoms in total. The number of nitrogens with zero attached hydrogens (tertiary/aromatic N) is 1. The number of pyridine rings is 1. The topological polar surface area (TPSA) is 39.2 Å². The van der Waals surface area contributed by atoms with Crippen molar-refractivity contribution in [2.45, 2.75) is 51.6 Å². The summed E-state index contributed by atoms with van der Waals surface area (Å²) in [4.78, 5) is 15.7. The summed E-state index contributed by atoms with van der Waals surface area (Å²) in [6.07, 6.45) is 6.12. The van der Waals surface area contributed by atoms with Crippen LogP contribution in [0.3, 0.4) is 0 Å². The first-order valence-corrected chi connectivity index (χ1v) is 8.32. The Morgan fingerprint density at radius 1 is 1.04 bits per heavy atom. The number of rotatable bonds is 3. The summed E-state index contributed by atoms with van der Waals surface area (Å²) < 4.78 is 5.31. The molecule has 23 heavy (non-hydrogen) atoms. The number of benzene rings is 1. The van der Waals surface area contributed by atoms with Gasteiger partial charge in [-0.25, -0.2) is 0 Å². The number of carbonyl (C=O) groups excluding carboxylic acids is 1. The van der Waals surface area contributed by atoms with Crippen LogP contribution in [-0.2, 0) is 9.53 Å². The Labute approximate surface area is 137 Å². The third kappa shape index (κ3) is 3.98. The highest BCUT2D eigenvalue weighted by Crippen LogP contribution is 2.34. The highest BCUT2D eigenvalue weighted by Gasteiger charge is 2.24. The number of hydrogen-bond donors (Lipinski definition) is 0. The van der Waals surface area contributed by atoms with Crippen LogP contribution in [0.2, 0.25) is 0 Å². The summed E-state index contributed by atoms with van der Waals surface area (Å²) in [6, 6.07) is 12.8. The van der Waals surface area contributed by atoms with Crippen molar-refractivity contribution in [2.24, 2.45) is 0 Å². The molecule has 1 aliphatic rings. The average molecular weight is 309 g/mol. The minimum absolute atomic E-state index is 0.101. The van der Waals surface area contributed by atoms with Crippen LogP contribution in [0.5, 0.6) is 0 Å². The number of carbonyl (C=O) groups is 1. The van der Waals surface area contributed by atoms with E-state index in [1.165, 1.54) is 18.1 Å². The monoisotopic (exact) mass is 309 g/mol. The molecule has 1 aliphatic carbocycles. The zero-order chi connectivity index (χ0) is 16.2. The Morgan fingerprint density at radius 3 is 2.30 bits per heavy atom. The molecule has 1 aromatic carbocycles. The van der Waals surface area contributed by atoms with E-state index in [1.807, 2.05) is 6.20 Å². The minimum Gasteiger partial charge on any atom is -0.463 e. The van der Waals surface area contributed by atoms with Crippen LogP contribution in [0.15, 0.2) is 42.6 Å². The van der Waals surface area contributed by atoms with Crippen molar-refractivity contribution >= 4 is 5.97 Å². The van der Waals surface area contributed by atoms with E-state index in [9.17, 15) is 4.79 Å². The predicted octanol–water partition coefficient (Wildman–Crippen LogP) is 4.65. The van der Waals surface area contributed by atoms with E-state index in [0.717, 1.165) is 36.9 Å². The predicted molar refractivity (Wildman–Crippen MR) is 91.2 cm³/mol. The second-order valence-corrected chi connectivity index (χ2v) is 6.43. The Balaban J connectivity index is 1.64. The second-order valence-electron chi connectivity index (χ2n) is 6.43. The van der Waals surface area contributed by atoms with Crippen LogP contribution < -0.4 is 0 Å². The lowest BCUT2D eigenvalue weighted by molar-refractivity contribution is -0.147. The second kappa shape index (κ2) is 6.95. The molecule has 1 fully saturated rings. The van der Waals surface area contributed by atoms with Crippen LogP contribution in [-0.4, -0.2) is 17.1 Å². The van der Waals surface area contributed by atoms with E-state index in [-0.39, 0.29) is 12.1 Å². The van der Waals surface area contributed by atoms with Gasteiger partial charge in [-0.15, -0.1) is 0 Å². The van der Waals surface area contributed by atoms with Gasteiger partial charge in [0.05, 0.1) is 5.69 Å². The van der Waals surface area contributed by atoms with Gasteiger partial charge in [-0.1, -0.05) is 35.9 Å². The largest absolute Gasteiger partial charge is 0.463 e. The average Bonchev–Trinajstić information content (AvgIpc) is 2.56. The number of aromatic nitrogens is 1. The van der Waals surface area contributed by atoms with Gasteiger partial charge in [0.25, 0.3) is 0 Å². The fraction of sp³-hybridized carbons (Fsp3) is 0.400. The molecule has 0 bridgehead atoms. The lowest BCUT2D eigenvalue weighted by atomic mass is 9.83. The molecule has 3 heteroatoms. The van der Waals surface area contributed by atoms with Crippen LogP contribution in [0, 0.1) is 6.92 Å². The van der Waals surface area contributed by atoms with Crippen LogP contribution >= 0.6 is 0 Å². The van der Waals surface area contributed by atoms with Crippen LogP contribution in [0.1, 0.15) is 49.7 Å². The molecule has 0 saturated heterocycles. The Morgan fingerprint density at radius 2 is 1.74 bits per heavy atom. The summed E-state index contributed by atoms with van der Waals surface area (Å²) >= 11 is 0. The molecular formula is C20H23NO2. The van der Waals surface area contributed by atoms with E-state index in [1.54, 1.807) is 0 Å². The SMILES string of the molecule is CC(=O)OC1CCC(c2ccc(-c3ccc(C)cc3)nc2)CC1. The fourth-order valence-electron chi connectivity index (χ4n) is 3.29. The first kappa shape index (κ1) is 15.7. The van der Waals surface area contributed by atoms with Crippen LogP contribution in [0.4, 0.5) is 0 Å². The van der Waals surface area contributed by atoms with E-state index >= 15 is 0 Å². The number of aryl methyl sites for hydroxylation is 1. The molecule has 0 unspecified atom stereocenters. The number of ether oxygens (including phenoxy) is 1. The van der Waals surface area contributed by atoms with E-state index in [2.05, 4.69) is 48.3 Å². The molecule has 0 atom stereocenters. The molecule has 0 N–H and O–H groups in total. The van der Waals surface area contributed by atoms with Crippen molar-refractivity contribution in [1.29, 1.82) is 0 Å². The maximum atomic E-state index is 11.0. The quantitative estimate of drug-likeness (QED) is 0.775. The zero-order valence-corrected chi connectivity index (χ0v) is 13.8. The summed E-state index contributed by atoms with van der Waals surface area (Å²) in [6.45, 7) is 3.58. The fourth-order valence-corrected chi connectivity index (χ4v) is 3.29. The van der Waals surface area contributed by atoms with E-state index in [4.69, 9.17) is 4.74 Å². The van der Waals surface area contributed by atoms with E-state index < -0.39 is 0 Å². The van der Waals surface area contributed by atoms with Gasteiger partial charge < -0.3 is 4.74 Å². The first-order chi connectivity index (χ1) is 11.1. The van der Waals surface area contributed by atoms with Gasteiger partial charge in [-0.2, -0.15) is 0 Å². The first-order valence-electron chi connectivity index (χ1n) is 8.32. The Bertz CT molecular complexity index is 653. The zero-order valence-electron chi connectivity index (χ0n) is 13.8. The molecule has 0 spiro atoms. The molecular weight excluding hydrogens is 286 g/mol. The molecule has 120 valence electrons. The third-order valence-corrected chi connectivity index (χ3v) is 4.61. The molecule has 0 radical (unpaired) electrons. The van der Waals surface area contributed by atoms with Crippen molar-refractivity contribution in [3.05, 3.63) is 53.7 Å². The van der Waals surface area contributed by atoms with Crippen molar-refractivity contribution in [3.8, 4) is 11.3 Å². The highest BCUT2D eigenvalue weighted by atomic mass is 16.5.